The second-order valence-electron chi connectivity index (χ2n) is 19.5. The van der Waals surface area contributed by atoms with E-state index >= 15 is 0 Å². The fourth-order valence-corrected chi connectivity index (χ4v) is 7.61. The molecule has 0 bridgehead atoms. The zero-order chi connectivity index (χ0) is 56.4. The fraction of sp³-hybridized carbons (Fsp3) is 0.542. The van der Waals surface area contributed by atoms with Crippen molar-refractivity contribution in [2.45, 2.75) is 239 Å². The van der Waals surface area contributed by atoms with Crippen molar-refractivity contribution in [1.29, 1.82) is 0 Å². The van der Waals surface area contributed by atoms with E-state index in [1.54, 1.807) is 0 Å². The molecule has 0 aliphatic carbocycles. The van der Waals surface area contributed by atoms with Crippen molar-refractivity contribution < 1.29 is 28.6 Å². The number of ether oxygens (including phenoxy) is 3. The lowest BCUT2D eigenvalue weighted by Crippen LogP contribution is -2.30. The molecule has 0 fully saturated rings. The van der Waals surface area contributed by atoms with Crippen LogP contribution < -0.4 is 0 Å². The number of hydrogen-bond acceptors (Lipinski definition) is 6. The first-order chi connectivity index (χ1) is 38.5. The van der Waals surface area contributed by atoms with Crippen molar-refractivity contribution in [2.75, 3.05) is 13.2 Å². The Morgan fingerprint density at radius 1 is 0.269 bits per heavy atom. The van der Waals surface area contributed by atoms with Gasteiger partial charge in [0.15, 0.2) is 6.10 Å². The first-order valence-corrected chi connectivity index (χ1v) is 30.8. The highest BCUT2D eigenvalue weighted by atomic mass is 16.6. The van der Waals surface area contributed by atoms with Gasteiger partial charge in [0.05, 0.1) is 0 Å². The smallest absolute Gasteiger partial charge is 0.306 e. The van der Waals surface area contributed by atoms with Crippen molar-refractivity contribution in [1.82, 2.24) is 0 Å². The van der Waals surface area contributed by atoms with Crippen LogP contribution in [0.2, 0.25) is 0 Å². The highest BCUT2D eigenvalue weighted by Gasteiger charge is 2.19. The largest absolute Gasteiger partial charge is 0.462 e. The summed E-state index contributed by atoms with van der Waals surface area (Å²) in [5.74, 6) is -0.996. The summed E-state index contributed by atoms with van der Waals surface area (Å²) in [6.07, 6.45) is 96.4. The van der Waals surface area contributed by atoms with E-state index in [4.69, 9.17) is 14.2 Å². The molecule has 0 aromatic rings. The first-order valence-electron chi connectivity index (χ1n) is 30.8. The lowest BCUT2D eigenvalue weighted by molar-refractivity contribution is -0.167. The summed E-state index contributed by atoms with van der Waals surface area (Å²) in [5.41, 5.74) is 0. The van der Waals surface area contributed by atoms with Gasteiger partial charge in [0, 0.05) is 19.3 Å². The third-order valence-electron chi connectivity index (χ3n) is 12.2. The highest BCUT2D eigenvalue weighted by Crippen LogP contribution is 2.12. The van der Waals surface area contributed by atoms with Gasteiger partial charge in [-0.2, -0.15) is 0 Å². The second-order valence-corrected chi connectivity index (χ2v) is 19.5. The average molecular weight is 1070 g/mol. The summed E-state index contributed by atoms with van der Waals surface area (Å²) < 4.78 is 16.7. The molecule has 6 nitrogen and oxygen atoms in total. The average Bonchev–Trinajstić information content (AvgIpc) is 3.44. The predicted molar refractivity (Wildman–Crippen MR) is 338 cm³/mol. The maximum absolute atomic E-state index is 12.8. The molecule has 0 aromatic heterocycles. The Morgan fingerprint density at radius 2 is 0.500 bits per heavy atom. The summed E-state index contributed by atoms with van der Waals surface area (Å²) in [7, 11) is 0. The number of esters is 3. The molecule has 0 heterocycles. The Kier molecular flexibility index (Phi) is 59.5. The Bertz CT molecular complexity index is 1850. The van der Waals surface area contributed by atoms with E-state index in [0.29, 0.717) is 19.3 Å². The maximum atomic E-state index is 12.8. The van der Waals surface area contributed by atoms with Gasteiger partial charge in [-0.25, -0.2) is 0 Å². The van der Waals surface area contributed by atoms with Gasteiger partial charge in [-0.3, -0.25) is 14.4 Å². The van der Waals surface area contributed by atoms with Crippen molar-refractivity contribution in [2.24, 2.45) is 0 Å². The number of carbonyl (C=O) groups is 3. The first kappa shape index (κ1) is 72.5. The molecule has 0 rings (SSSR count). The van der Waals surface area contributed by atoms with Gasteiger partial charge in [0.1, 0.15) is 13.2 Å². The minimum absolute atomic E-state index is 0.110. The van der Waals surface area contributed by atoms with E-state index < -0.39 is 6.10 Å². The molecule has 0 aliphatic rings. The Hall–Kier alpha value is -5.49. The third kappa shape index (κ3) is 61.4. The van der Waals surface area contributed by atoms with Crippen molar-refractivity contribution in [3.8, 4) is 0 Å². The molecule has 434 valence electrons. The van der Waals surface area contributed by atoms with Gasteiger partial charge >= 0.3 is 17.9 Å². The Labute approximate surface area is 478 Å². The highest BCUT2D eigenvalue weighted by molar-refractivity contribution is 5.71. The summed E-state index contributed by atoms with van der Waals surface area (Å²) in [6, 6.07) is 0. The maximum Gasteiger partial charge on any atom is 0.306 e. The van der Waals surface area contributed by atoms with Gasteiger partial charge in [-0.1, -0.05) is 254 Å². The van der Waals surface area contributed by atoms with E-state index in [1.165, 1.54) is 19.3 Å². The van der Waals surface area contributed by atoms with Crippen molar-refractivity contribution in [3.63, 3.8) is 0 Å². The van der Waals surface area contributed by atoms with Crippen LogP contribution in [-0.4, -0.2) is 37.2 Å². The molecule has 1 unspecified atom stereocenters. The van der Waals surface area contributed by atoms with Crippen LogP contribution in [0, 0.1) is 0 Å². The molecule has 0 aliphatic heterocycles. The standard InChI is InChI=1S/C72H110O6/c1-4-7-10-13-16-18-20-22-24-26-28-30-31-32-33-34-35-36-37-38-39-40-41-43-44-46-48-50-52-54-56-59-62-65-71(74)77-68-69(67-76-70(73)64-61-58-15-12-9-6-3)78-72(75)66-63-60-57-55-53-51-49-47-45-42-29-27-25-23-21-19-17-14-11-8-5-2/h7-8,10-11,16-19,22-25,28-30,32-33,35-36,38-39,41-43,46-49,53,55,69H,4-6,9,12-15,20-21,26-27,31,34,37,40,44-45,50-52,54,56-68H2,1-3H3/b10-7-,11-8-,18-16-,19-17-,24-22-,25-23-,30-28-,33-32-,36-35-,39-38-,42-29-,43-41-,48-46-,49-47-,55-53-. The van der Waals surface area contributed by atoms with E-state index in [2.05, 4.69) is 203 Å². The van der Waals surface area contributed by atoms with Gasteiger partial charge in [0.25, 0.3) is 0 Å². The molecule has 0 N–H and O–H groups in total. The topological polar surface area (TPSA) is 78.9 Å². The van der Waals surface area contributed by atoms with Gasteiger partial charge in [-0.05, 0) is 141 Å². The minimum atomic E-state index is -0.816. The molecule has 0 aromatic carbocycles. The minimum Gasteiger partial charge on any atom is -0.462 e. The van der Waals surface area contributed by atoms with Crippen molar-refractivity contribution in [3.05, 3.63) is 182 Å². The molecule has 0 saturated carbocycles. The monoisotopic (exact) mass is 1070 g/mol. The number of carbonyl (C=O) groups excluding carboxylic acids is 3. The number of rotatable bonds is 53. The summed E-state index contributed by atoms with van der Waals surface area (Å²) in [4.78, 5) is 37.9. The van der Waals surface area contributed by atoms with E-state index in [9.17, 15) is 14.4 Å². The molecule has 6 heteroatoms. The zero-order valence-electron chi connectivity index (χ0n) is 49.6. The summed E-state index contributed by atoms with van der Waals surface area (Å²) >= 11 is 0. The van der Waals surface area contributed by atoms with Crippen LogP contribution in [0.3, 0.4) is 0 Å². The van der Waals surface area contributed by atoms with Crippen LogP contribution >= 0.6 is 0 Å². The molecule has 1 atom stereocenters. The Morgan fingerprint density at radius 3 is 0.808 bits per heavy atom. The van der Waals surface area contributed by atoms with Crippen LogP contribution in [0.25, 0.3) is 0 Å². The fourth-order valence-electron chi connectivity index (χ4n) is 7.61. The SMILES string of the molecule is CC/C=C\C/C=C\C/C=C\C/C=C\C/C=C\C/C=C\C/C=C\C/C=C\C/C=C\CCCCCCCC(=O)OCC(COC(=O)CCCCCCCC)OC(=O)CCCC/C=C\C/C=C\C/C=C\C/C=C\C/C=C\C/C=C\CC. The zero-order valence-corrected chi connectivity index (χ0v) is 49.6. The number of hydrogen-bond donors (Lipinski definition) is 0. The molecular weight excluding hydrogens is 961 g/mol. The molecule has 0 spiro atoms. The Balaban J connectivity index is 4.27. The lowest BCUT2D eigenvalue weighted by atomic mass is 10.1. The molecular formula is C72H110O6. The van der Waals surface area contributed by atoms with Crippen LogP contribution in [-0.2, 0) is 28.6 Å². The normalized spacial score (nSPS) is 13.4. The van der Waals surface area contributed by atoms with Gasteiger partial charge < -0.3 is 14.2 Å². The number of unbranched alkanes of at least 4 members (excludes halogenated alkanes) is 12. The van der Waals surface area contributed by atoms with Crippen LogP contribution in [0.1, 0.15) is 233 Å². The van der Waals surface area contributed by atoms with Crippen LogP contribution in [0.4, 0.5) is 0 Å². The van der Waals surface area contributed by atoms with Gasteiger partial charge in [-0.15, -0.1) is 0 Å². The van der Waals surface area contributed by atoms with Crippen LogP contribution in [0.5, 0.6) is 0 Å². The summed E-state index contributed by atoms with van der Waals surface area (Å²) in [5, 5.41) is 0. The number of allylic oxidation sites excluding steroid dienone is 30. The van der Waals surface area contributed by atoms with Crippen molar-refractivity contribution >= 4 is 17.9 Å². The second kappa shape index (κ2) is 64.0. The third-order valence-corrected chi connectivity index (χ3v) is 12.2. The quantitative estimate of drug-likeness (QED) is 0.0261. The summed E-state index contributed by atoms with van der Waals surface area (Å²) in [6.45, 7) is 6.27. The molecule has 78 heavy (non-hydrogen) atoms. The molecule has 0 radical (unpaired) electrons. The van der Waals surface area contributed by atoms with Gasteiger partial charge in [0.2, 0.25) is 0 Å². The lowest BCUT2D eigenvalue weighted by Gasteiger charge is -2.18. The predicted octanol–water partition coefficient (Wildman–Crippen LogP) is 21.3. The molecule has 0 saturated heterocycles. The van der Waals surface area contributed by atoms with E-state index in [0.717, 1.165) is 167 Å². The van der Waals surface area contributed by atoms with E-state index in [-0.39, 0.29) is 37.5 Å². The van der Waals surface area contributed by atoms with Crippen LogP contribution in [0.15, 0.2) is 182 Å². The molecule has 0 amide bonds. The van der Waals surface area contributed by atoms with E-state index in [1.807, 2.05) is 0 Å².